The molecule has 0 saturated heterocycles. The highest BCUT2D eigenvalue weighted by Crippen LogP contribution is 2.10. The maximum atomic E-state index is 12.1. The van der Waals surface area contributed by atoms with E-state index in [9.17, 15) is 9.00 Å². The van der Waals surface area contributed by atoms with Gasteiger partial charge in [0.05, 0.1) is 10.9 Å². The lowest BCUT2D eigenvalue weighted by atomic mass is 10.0. The highest BCUT2D eigenvalue weighted by atomic mass is 35.5. The van der Waals surface area contributed by atoms with Crippen LogP contribution in [0.25, 0.3) is 0 Å². The fraction of sp³-hybridized carbons (Fsp3) is 0.417. The molecule has 0 aliphatic rings. The lowest BCUT2D eigenvalue weighted by Gasteiger charge is -2.11. The number of halogens is 1. The van der Waals surface area contributed by atoms with Gasteiger partial charge in [0.25, 0.3) is 5.91 Å². The van der Waals surface area contributed by atoms with Gasteiger partial charge >= 0.3 is 0 Å². The van der Waals surface area contributed by atoms with Crippen molar-refractivity contribution in [2.75, 3.05) is 0 Å². The van der Waals surface area contributed by atoms with Gasteiger partial charge in [0, 0.05) is 0 Å². The van der Waals surface area contributed by atoms with Gasteiger partial charge in [-0.3, -0.25) is 4.79 Å². The molecule has 0 heterocycles. The lowest BCUT2D eigenvalue weighted by molar-refractivity contribution is -0.119. The van der Waals surface area contributed by atoms with Gasteiger partial charge in [-0.15, -0.1) is 16.8 Å². The molecule has 1 amide bonds. The highest BCUT2D eigenvalue weighted by molar-refractivity contribution is 7.91. The van der Waals surface area contributed by atoms with E-state index in [0.717, 1.165) is 0 Å². The molecular weight excluding hydrogens is 286 g/mol. The van der Waals surface area contributed by atoms with Gasteiger partial charge in [0.15, 0.2) is 0 Å². The Kier molecular flexibility index (Phi) is 7.21. The molecule has 4 N–H and O–H groups in total. The van der Waals surface area contributed by atoms with Gasteiger partial charge in [0.1, 0.15) is 9.92 Å². The Morgan fingerprint density at radius 1 is 1.32 bits per heavy atom. The van der Waals surface area contributed by atoms with Crippen LogP contribution in [-0.4, -0.2) is 16.2 Å². The van der Waals surface area contributed by atoms with Gasteiger partial charge in [-0.2, -0.15) is 0 Å². The van der Waals surface area contributed by atoms with E-state index in [1.165, 1.54) is 0 Å². The number of rotatable bonds is 4. The third-order valence-electron chi connectivity index (χ3n) is 2.35. The van der Waals surface area contributed by atoms with E-state index in [0.29, 0.717) is 11.3 Å². The summed E-state index contributed by atoms with van der Waals surface area (Å²) in [4.78, 5) is 12.0. The van der Waals surface area contributed by atoms with Gasteiger partial charge in [-0.25, -0.2) is 9.35 Å². The van der Waals surface area contributed by atoms with E-state index in [1.54, 1.807) is 30.3 Å². The minimum atomic E-state index is -3.19. The zero-order valence-electron chi connectivity index (χ0n) is 11.0. The molecule has 0 aliphatic heterocycles. The standard InChI is InChI=1S/C12H19N3O2S.ClH/c1-9(2)8-11(13)12(16)15-18(14,17)10-6-4-3-5-7-10;/h3-7,9,11H,8,13H2,1-2H3,(H2,14,15,16,17);1H/t11-,18?;/m0./s1. The number of nitrogens with zero attached hydrogens (tertiary/aromatic N) is 1. The summed E-state index contributed by atoms with van der Waals surface area (Å²) in [6.07, 6.45) is 0.493. The van der Waals surface area contributed by atoms with E-state index in [-0.39, 0.29) is 18.3 Å². The Bertz CT molecular complexity index is 525. The molecule has 0 aromatic heterocycles. The van der Waals surface area contributed by atoms with Crippen LogP contribution in [0.4, 0.5) is 0 Å². The van der Waals surface area contributed by atoms with Crippen molar-refractivity contribution in [2.45, 2.75) is 31.2 Å². The second-order valence-electron chi connectivity index (χ2n) is 4.55. The van der Waals surface area contributed by atoms with Gasteiger partial charge in [-0.05, 0) is 24.5 Å². The SMILES string of the molecule is CC(C)C[C@H](N)C(=O)N=S(N)(=O)c1ccccc1.Cl. The molecule has 1 rings (SSSR count). The minimum absolute atomic E-state index is 0. The van der Waals surface area contributed by atoms with E-state index in [2.05, 4.69) is 4.36 Å². The lowest BCUT2D eigenvalue weighted by Crippen LogP contribution is -2.32. The predicted molar refractivity (Wildman–Crippen MR) is 79.2 cm³/mol. The zero-order chi connectivity index (χ0) is 13.8. The van der Waals surface area contributed by atoms with Crippen molar-refractivity contribution in [3.63, 3.8) is 0 Å². The quantitative estimate of drug-likeness (QED) is 0.885. The Hall–Kier alpha value is -0.950. The zero-order valence-corrected chi connectivity index (χ0v) is 12.6. The van der Waals surface area contributed by atoms with Crippen LogP contribution >= 0.6 is 12.4 Å². The first-order valence-corrected chi connectivity index (χ1v) is 7.30. The number of hydrogen-bond donors (Lipinski definition) is 2. The molecule has 7 heteroatoms. The molecule has 0 saturated carbocycles. The number of benzene rings is 1. The van der Waals surface area contributed by atoms with E-state index < -0.39 is 21.9 Å². The fourth-order valence-corrected chi connectivity index (χ4v) is 2.53. The number of nitrogens with two attached hydrogens (primary N) is 2. The number of hydrogen-bond acceptors (Lipinski definition) is 3. The average molecular weight is 306 g/mol. The maximum Gasteiger partial charge on any atom is 0.271 e. The smallest absolute Gasteiger partial charge is 0.271 e. The topological polar surface area (TPSA) is 98.5 Å². The molecule has 5 nitrogen and oxygen atoms in total. The molecule has 1 aromatic carbocycles. The first-order valence-electron chi connectivity index (χ1n) is 5.72. The number of carbonyl (C=O) groups excluding carboxylic acids is 1. The van der Waals surface area contributed by atoms with Crippen molar-refractivity contribution in [3.05, 3.63) is 30.3 Å². The van der Waals surface area contributed by atoms with Crippen LogP contribution < -0.4 is 10.9 Å². The van der Waals surface area contributed by atoms with Crippen LogP contribution in [0.2, 0.25) is 0 Å². The third kappa shape index (κ3) is 5.69. The normalized spacial score (nSPS) is 15.2. The second kappa shape index (κ2) is 7.59. The van der Waals surface area contributed by atoms with Crippen molar-refractivity contribution in [1.29, 1.82) is 0 Å². The molecule has 2 atom stereocenters. The van der Waals surface area contributed by atoms with Gasteiger partial charge in [0.2, 0.25) is 0 Å². The summed E-state index contributed by atoms with van der Waals surface area (Å²) < 4.78 is 15.7. The molecule has 0 fully saturated rings. The van der Waals surface area contributed by atoms with E-state index >= 15 is 0 Å². The maximum absolute atomic E-state index is 12.1. The summed E-state index contributed by atoms with van der Waals surface area (Å²) >= 11 is 0. The van der Waals surface area contributed by atoms with Crippen LogP contribution in [0.5, 0.6) is 0 Å². The summed E-state index contributed by atoms with van der Waals surface area (Å²) in [5, 5.41) is 5.59. The largest absolute Gasteiger partial charge is 0.320 e. The molecule has 1 aromatic rings. The second-order valence-corrected chi connectivity index (χ2v) is 6.34. The summed E-state index contributed by atoms with van der Waals surface area (Å²) in [6.45, 7) is 3.90. The summed E-state index contributed by atoms with van der Waals surface area (Å²) in [7, 11) is -3.19. The average Bonchev–Trinajstić information content (AvgIpc) is 2.28. The van der Waals surface area contributed by atoms with Crippen LogP contribution in [-0.2, 0) is 14.7 Å². The van der Waals surface area contributed by atoms with E-state index in [4.69, 9.17) is 10.9 Å². The molecular formula is C12H20ClN3O2S. The van der Waals surface area contributed by atoms with Crippen molar-refractivity contribution in [1.82, 2.24) is 0 Å². The molecule has 0 bridgehead atoms. The van der Waals surface area contributed by atoms with Gasteiger partial charge in [-0.1, -0.05) is 32.0 Å². The molecule has 1 unspecified atom stereocenters. The highest BCUT2D eigenvalue weighted by Gasteiger charge is 2.17. The van der Waals surface area contributed by atoms with E-state index in [1.807, 2.05) is 13.8 Å². The molecule has 0 radical (unpaired) electrons. The summed E-state index contributed by atoms with van der Waals surface area (Å²) in [5.74, 6) is -0.343. The van der Waals surface area contributed by atoms with Crippen molar-refractivity contribution < 1.29 is 9.00 Å². The minimum Gasteiger partial charge on any atom is -0.320 e. The summed E-state index contributed by atoms with van der Waals surface area (Å²) in [5.41, 5.74) is 5.68. The first-order chi connectivity index (χ1) is 8.33. The monoisotopic (exact) mass is 305 g/mol. The van der Waals surface area contributed by atoms with Crippen LogP contribution in [0, 0.1) is 5.92 Å². The molecule has 0 spiro atoms. The Labute approximate surface area is 120 Å². The van der Waals surface area contributed by atoms with Crippen LogP contribution in [0.15, 0.2) is 39.6 Å². The Morgan fingerprint density at radius 2 is 1.84 bits per heavy atom. The van der Waals surface area contributed by atoms with Crippen molar-refractivity contribution >= 4 is 28.2 Å². The van der Waals surface area contributed by atoms with Crippen LogP contribution in [0.3, 0.4) is 0 Å². The third-order valence-corrected chi connectivity index (χ3v) is 3.75. The molecule has 0 aliphatic carbocycles. The van der Waals surface area contributed by atoms with Crippen molar-refractivity contribution in [3.8, 4) is 0 Å². The van der Waals surface area contributed by atoms with Gasteiger partial charge < -0.3 is 5.73 Å². The summed E-state index contributed by atoms with van der Waals surface area (Å²) in [6, 6.07) is 7.55. The first kappa shape index (κ1) is 18.0. The number of carbonyl (C=O) groups is 1. The van der Waals surface area contributed by atoms with Crippen LogP contribution in [0.1, 0.15) is 20.3 Å². The Morgan fingerprint density at radius 3 is 2.32 bits per heavy atom. The Balaban J connectivity index is 0.00000324. The fourth-order valence-electron chi connectivity index (χ4n) is 1.48. The predicted octanol–water partition coefficient (Wildman–Crippen LogP) is 1.71. The van der Waals surface area contributed by atoms with Crippen molar-refractivity contribution in [2.24, 2.45) is 21.2 Å². The molecule has 108 valence electrons. The number of amides is 1. The molecule has 19 heavy (non-hydrogen) atoms.